The molecule has 0 radical (unpaired) electrons. The van der Waals surface area contributed by atoms with Crippen LogP contribution in [0.5, 0.6) is 0 Å². The molecule has 0 aliphatic carbocycles. The fraction of sp³-hybridized carbons (Fsp3) is 0.259. The summed E-state index contributed by atoms with van der Waals surface area (Å²) in [7, 11) is 0. The number of alkyl halides is 3. The molecule has 36 heavy (non-hydrogen) atoms. The molecule has 1 fully saturated rings. The summed E-state index contributed by atoms with van der Waals surface area (Å²) in [5, 5.41) is 5.28. The first-order valence-electron chi connectivity index (χ1n) is 11.6. The van der Waals surface area contributed by atoms with Gasteiger partial charge in [-0.3, -0.25) is 19.4 Å². The SMILES string of the molecule is O=C(CN1CCN(Cc2ccccc2)CC1)Nc1cccc(C(=O)Nc2cccc(C(F)(F)F)c2)c1. The average Bonchev–Trinajstić information content (AvgIpc) is 2.86. The number of carbonyl (C=O) groups is 2. The molecule has 188 valence electrons. The van der Waals surface area contributed by atoms with Gasteiger partial charge in [-0.15, -0.1) is 0 Å². The molecule has 1 saturated heterocycles. The van der Waals surface area contributed by atoms with Gasteiger partial charge in [-0.1, -0.05) is 42.5 Å². The third-order valence-electron chi connectivity index (χ3n) is 5.94. The van der Waals surface area contributed by atoms with Gasteiger partial charge in [0.15, 0.2) is 0 Å². The lowest BCUT2D eigenvalue weighted by Crippen LogP contribution is -2.48. The Morgan fingerprint density at radius 1 is 0.750 bits per heavy atom. The maximum absolute atomic E-state index is 12.9. The zero-order valence-electron chi connectivity index (χ0n) is 19.6. The van der Waals surface area contributed by atoms with Crippen molar-refractivity contribution in [3.05, 3.63) is 95.6 Å². The number of hydrogen-bond acceptors (Lipinski definition) is 4. The van der Waals surface area contributed by atoms with E-state index in [1.54, 1.807) is 12.1 Å². The highest BCUT2D eigenvalue weighted by molar-refractivity contribution is 6.05. The molecule has 1 aliphatic rings. The first kappa shape index (κ1) is 25.4. The maximum atomic E-state index is 12.9. The predicted octanol–water partition coefficient (Wildman–Crippen LogP) is 4.71. The standard InChI is InChI=1S/C27H27F3N4O2/c28-27(29,30)22-9-5-11-24(17-22)32-26(36)21-8-4-10-23(16-21)31-25(35)19-34-14-12-33(13-15-34)18-20-6-2-1-3-7-20/h1-11,16-17H,12-15,18-19H2,(H,31,35)(H,32,36). The van der Waals surface area contributed by atoms with Gasteiger partial charge in [0.1, 0.15) is 0 Å². The van der Waals surface area contributed by atoms with Gasteiger partial charge in [-0.05, 0) is 42.0 Å². The van der Waals surface area contributed by atoms with Crippen LogP contribution in [0.3, 0.4) is 0 Å². The second-order valence-corrected chi connectivity index (χ2v) is 8.70. The zero-order chi connectivity index (χ0) is 25.5. The number of nitrogens with one attached hydrogen (secondary N) is 2. The first-order chi connectivity index (χ1) is 17.3. The van der Waals surface area contributed by atoms with Crippen molar-refractivity contribution < 1.29 is 22.8 Å². The number of hydrogen-bond donors (Lipinski definition) is 2. The summed E-state index contributed by atoms with van der Waals surface area (Å²) < 4.78 is 38.8. The van der Waals surface area contributed by atoms with E-state index in [2.05, 4.69) is 32.6 Å². The lowest BCUT2D eigenvalue weighted by molar-refractivity contribution is -0.137. The Morgan fingerprint density at radius 3 is 2.08 bits per heavy atom. The van der Waals surface area contributed by atoms with E-state index in [1.807, 2.05) is 18.2 Å². The van der Waals surface area contributed by atoms with Crippen LogP contribution in [0, 0.1) is 0 Å². The molecule has 2 amide bonds. The monoisotopic (exact) mass is 496 g/mol. The molecule has 3 aromatic rings. The van der Waals surface area contributed by atoms with E-state index in [9.17, 15) is 22.8 Å². The van der Waals surface area contributed by atoms with Crippen LogP contribution in [0.2, 0.25) is 0 Å². The first-order valence-corrected chi connectivity index (χ1v) is 11.6. The summed E-state index contributed by atoms with van der Waals surface area (Å²) in [6.45, 7) is 4.41. The van der Waals surface area contributed by atoms with Gasteiger partial charge < -0.3 is 10.6 Å². The second kappa shape index (κ2) is 11.4. The molecule has 4 rings (SSSR count). The van der Waals surface area contributed by atoms with Crippen molar-refractivity contribution >= 4 is 23.2 Å². The highest BCUT2D eigenvalue weighted by Crippen LogP contribution is 2.30. The number of anilines is 2. The summed E-state index contributed by atoms with van der Waals surface area (Å²) >= 11 is 0. The van der Waals surface area contributed by atoms with E-state index < -0.39 is 17.6 Å². The second-order valence-electron chi connectivity index (χ2n) is 8.70. The van der Waals surface area contributed by atoms with Crippen molar-refractivity contribution in [3.63, 3.8) is 0 Å². The van der Waals surface area contributed by atoms with Crippen molar-refractivity contribution in [1.29, 1.82) is 0 Å². The average molecular weight is 497 g/mol. The molecule has 1 aliphatic heterocycles. The molecular weight excluding hydrogens is 469 g/mol. The highest BCUT2D eigenvalue weighted by atomic mass is 19.4. The van der Waals surface area contributed by atoms with Crippen LogP contribution < -0.4 is 10.6 Å². The molecule has 1 heterocycles. The largest absolute Gasteiger partial charge is 0.416 e. The van der Waals surface area contributed by atoms with E-state index in [0.717, 1.165) is 44.9 Å². The Labute approximate surface area is 207 Å². The normalized spacial score (nSPS) is 14.9. The summed E-state index contributed by atoms with van der Waals surface area (Å²) in [5.41, 5.74) is 1.12. The van der Waals surface area contributed by atoms with E-state index in [1.165, 1.54) is 29.8 Å². The van der Waals surface area contributed by atoms with Crippen LogP contribution >= 0.6 is 0 Å². The van der Waals surface area contributed by atoms with E-state index >= 15 is 0 Å². The van der Waals surface area contributed by atoms with Crippen molar-refractivity contribution in [2.45, 2.75) is 12.7 Å². The van der Waals surface area contributed by atoms with Gasteiger partial charge in [0.25, 0.3) is 5.91 Å². The van der Waals surface area contributed by atoms with Crippen molar-refractivity contribution in [3.8, 4) is 0 Å². The van der Waals surface area contributed by atoms with Crippen LogP contribution in [-0.4, -0.2) is 54.3 Å². The highest BCUT2D eigenvalue weighted by Gasteiger charge is 2.30. The Morgan fingerprint density at radius 2 is 1.39 bits per heavy atom. The molecular formula is C27H27F3N4O2. The summed E-state index contributed by atoms with van der Waals surface area (Å²) in [4.78, 5) is 29.6. The lowest BCUT2D eigenvalue weighted by atomic mass is 10.1. The Hall–Kier alpha value is -3.69. The minimum absolute atomic E-state index is 0.0377. The quantitative estimate of drug-likeness (QED) is 0.497. The van der Waals surface area contributed by atoms with Gasteiger partial charge in [-0.2, -0.15) is 13.2 Å². The molecule has 2 N–H and O–H groups in total. The van der Waals surface area contributed by atoms with E-state index in [-0.39, 0.29) is 23.7 Å². The van der Waals surface area contributed by atoms with E-state index in [0.29, 0.717) is 5.69 Å². The molecule has 0 aromatic heterocycles. The lowest BCUT2D eigenvalue weighted by Gasteiger charge is -2.34. The molecule has 0 unspecified atom stereocenters. The number of halogens is 3. The smallest absolute Gasteiger partial charge is 0.325 e. The van der Waals surface area contributed by atoms with Crippen LogP contribution in [-0.2, 0) is 17.5 Å². The van der Waals surface area contributed by atoms with Crippen LogP contribution in [0.15, 0.2) is 78.9 Å². The van der Waals surface area contributed by atoms with Gasteiger partial charge >= 0.3 is 6.18 Å². The topological polar surface area (TPSA) is 64.7 Å². The number of carbonyl (C=O) groups excluding carboxylic acids is 2. The summed E-state index contributed by atoms with van der Waals surface area (Å²) in [6, 6.07) is 21.0. The Bertz CT molecular complexity index is 1190. The van der Waals surface area contributed by atoms with Gasteiger partial charge in [-0.25, -0.2) is 0 Å². The van der Waals surface area contributed by atoms with Gasteiger partial charge in [0.2, 0.25) is 5.91 Å². The maximum Gasteiger partial charge on any atom is 0.416 e. The number of piperazine rings is 1. The fourth-order valence-electron chi connectivity index (χ4n) is 4.07. The fourth-order valence-corrected chi connectivity index (χ4v) is 4.07. The minimum atomic E-state index is -4.50. The summed E-state index contributed by atoms with van der Waals surface area (Å²) in [5.74, 6) is -0.762. The minimum Gasteiger partial charge on any atom is -0.325 e. The molecule has 9 heteroatoms. The van der Waals surface area contributed by atoms with Crippen LogP contribution in [0.1, 0.15) is 21.5 Å². The number of benzene rings is 3. The van der Waals surface area contributed by atoms with Crippen LogP contribution in [0.4, 0.5) is 24.5 Å². The molecule has 0 bridgehead atoms. The van der Waals surface area contributed by atoms with E-state index in [4.69, 9.17) is 0 Å². The molecule has 0 spiro atoms. The number of nitrogens with zero attached hydrogens (tertiary/aromatic N) is 2. The molecule has 3 aromatic carbocycles. The van der Waals surface area contributed by atoms with Crippen molar-refractivity contribution in [2.24, 2.45) is 0 Å². The number of amides is 2. The third-order valence-corrected chi connectivity index (χ3v) is 5.94. The number of rotatable bonds is 7. The van der Waals surface area contributed by atoms with Crippen LogP contribution in [0.25, 0.3) is 0 Å². The zero-order valence-corrected chi connectivity index (χ0v) is 19.6. The Kier molecular flexibility index (Phi) is 8.02. The van der Waals surface area contributed by atoms with Crippen molar-refractivity contribution in [2.75, 3.05) is 43.4 Å². The van der Waals surface area contributed by atoms with Gasteiger partial charge in [0.05, 0.1) is 12.1 Å². The summed E-state index contributed by atoms with van der Waals surface area (Å²) in [6.07, 6.45) is -4.50. The Balaban J connectivity index is 1.27. The molecule has 0 saturated carbocycles. The van der Waals surface area contributed by atoms with Gasteiger partial charge in [0, 0.05) is 49.7 Å². The van der Waals surface area contributed by atoms with Crippen molar-refractivity contribution in [1.82, 2.24) is 9.80 Å². The third kappa shape index (κ3) is 7.16. The molecule has 0 atom stereocenters. The predicted molar refractivity (Wildman–Crippen MR) is 133 cm³/mol. The molecule has 6 nitrogen and oxygen atoms in total.